The molecule has 0 radical (unpaired) electrons. The molecule has 0 bridgehead atoms. The second-order valence-electron chi connectivity index (χ2n) is 5.11. The van der Waals surface area contributed by atoms with Crippen LogP contribution in [0.25, 0.3) is 6.08 Å². The van der Waals surface area contributed by atoms with Gasteiger partial charge in [-0.1, -0.05) is 36.4 Å². The molecule has 2 rings (SSSR count). The summed E-state index contributed by atoms with van der Waals surface area (Å²) in [6.45, 7) is 6.01. The average Bonchev–Trinajstić information content (AvgIpc) is 2.45. The van der Waals surface area contributed by atoms with Gasteiger partial charge in [0.05, 0.1) is 0 Å². The summed E-state index contributed by atoms with van der Waals surface area (Å²) in [4.78, 5) is 11.9. The lowest BCUT2D eigenvalue weighted by Gasteiger charge is -2.08. The van der Waals surface area contributed by atoms with Crippen LogP contribution in [0.5, 0.6) is 0 Å². The van der Waals surface area contributed by atoms with Crippen molar-refractivity contribution in [3.05, 3.63) is 70.9 Å². The van der Waals surface area contributed by atoms with E-state index in [9.17, 15) is 4.79 Å². The monoisotopic (exact) mass is 280 g/mol. The van der Waals surface area contributed by atoms with Crippen molar-refractivity contribution in [2.75, 3.05) is 5.32 Å². The van der Waals surface area contributed by atoms with E-state index in [1.54, 1.807) is 6.20 Å². The highest BCUT2D eigenvalue weighted by Crippen LogP contribution is 2.16. The van der Waals surface area contributed by atoms with E-state index >= 15 is 0 Å². The molecule has 2 amide bonds. The van der Waals surface area contributed by atoms with E-state index in [2.05, 4.69) is 10.6 Å². The van der Waals surface area contributed by atoms with Crippen molar-refractivity contribution in [1.82, 2.24) is 5.32 Å². The first kappa shape index (κ1) is 14.9. The van der Waals surface area contributed by atoms with Crippen molar-refractivity contribution < 1.29 is 4.79 Å². The third kappa shape index (κ3) is 4.21. The number of aryl methyl sites for hydroxylation is 3. The van der Waals surface area contributed by atoms with E-state index in [0.717, 1.165) is 22.4 Å². The zero-order valence-electron chi connectivity index (χ0n) is 12.6. The molecule has 0 spiro atoms. The van der Waals surface area contributed by atoms with Gasteiger partial charge in [0.1, 0.15) is 0 Å². The van der Waals surface area contributed by atoms with Crippen molar-refractivity contribution in [2.24, 2.45) is 0 Å². The van der Waals surface area contributed by atoms with Crippen molar-refractivity contribution in [3.63, 3.8) is 0 Å². The van der Waals surface area contributed by atoms with E-state index < -0.39 is 0 Å². The summed E-state index contributed by atoms with van der Waals surface area (Å²) >= 11 is 0. The molecule has 108 valence electrons. The minimum atomic E-state index is -0.242. The van der Waals surface area contributed by atoms with Gasteiger partial charge in [-0.15, -0.1) is 0 Å². The number of hydrogen-bond acceptors (Lipinski definition) is 1. The number of urea groups is 1. The maximum atomic E-state index is 11.9. The van der Waals surface area contributed by atoms with Gasteiger partial charge in [0.2, 0.25) is 0 Å². The summed E-state index contributed by atoms with van der Waals surface area (Å²) in [7, 11) is 0. The van der Waals surface area contributed by atoms with E-state index in [1.165, 1.54) is 5.56 Å². The normalized spacial score (nSPS) is 10.6. The first-order valence-electron chi connectivity index (χ1n) is 6.93. The van der Waals surface area contributed by atoms with Gasteiger partial charge in [0.25, 0.3) is 0 Å². The first-order valence-corrected chi connectivity index (χ1v) is 6.93. The van der Waals surface area contributed by atoms with Crippen LogP contribution in [0, 0.1) is 20.8 Å². The van der Waals surface area contributed by atoms with Gasteiger partial charge < -0.3 is 10.6 Å². The van der Waals surface area contributed by atoms with Gasteiger partial charge in [-0.2, -0.15) is 0 Å². The Kier molecular flexibility index (Phi) is 4.77. The Morgan fingerprint density at radius 2 is 1.76 bits per heavy atom. The number of nitrogens with one attached hydrogen (secondary N) is 2. The van der Waals surface area contributed by atoms with Gasteiger partial charge in [0.15, 0.2) is 0 Å². The number of hydrogen-bond donors (Lipinski definition) is 2. The molecule has 3 nitrogen and oxygen atoms in total. The van der Waals surface area contributed by atoms with Gasteiger partial charge >= 0.3 is 6.03 Å². The first-order chi connectivity index (χ1) is 10.1. The molecule has 0 unspecified atom stereocenters. The van der Waals surface area contributed by atoms with Gasteiger partial charge in [-0.05, 0) is 55.2 Å². The van der Waals surface area contributed by atoms with Crippen molar-refractivity contribution in [1.29, 1.82) is 0 Å². The standard InChI is InChI=1S/C18H20N2O/c1-13-8-9-15(3)17(12-13)20-18(21)19-11-10-16-7-5-4-6-14(16)2/h4-12H,1-3H3,(H2,19,20,21)/b11-10+. The molecule has 0 fully saturated rings. The fourth-order valence-corrected chi connectivity index (χ4v) is 2.01. The van der Waals surface area contributed by atoms with Crippen LogP contribution in [0.1, 0.15) is 22.3 Å². The van der Waals surface area contributed by atoms with Crippen LogP contribution < -0.4 is 10.6 Å². The van der Waals surface area contributed by atoms with Crippen LogP contribution in [0.4, 0.5) is 10.5 Å². The fourth-order valence-electron chi connectivity index (χ4n) is 2.01. The maximum absolute atomic E-state index is 11.9. The summed E-state index contributed by atoms with van der Waals surface area (Å²) in [5, 5.41) is 5.57. The summed E-state index contributed by atoms with van der Waals surface area (Å²) in [5.41, 5.74) is 5.25. The molecule has 0 aliphatic rings. The lowest BCUT2D eigenvalue weighted by Crippen LogP contribution is -2.24. The van der Waals surface area contributed by atoms with E-state index in [4.69, 9.17) is 0 Å². The lowest BCUT2D eigenvalue weighted by atomic mass is 10.1. The zero-order chi connectivity index (χ0) is 15.2. The molecule has 0 aliphatic carbocycles. The second-order valence-corrected chi connectivity index (χ2v) is 5.11. The molecule has 3 heteroatoms. The predicted octanol–water partition coefficient (Wildman–Crippen LogP) is 4.40. The molecule has 0 saturated carbocycles. The summed E-state index contributed by atoms with van der Waals surface area (Å²) in [6.07, 6.45) is 3.54. The van der Waals surface area contributed by atoms with Crippen LogP contribution in [0.2, 0.25) is 0 Å². The van der Waals surface area contributed by atoms with E-state index in [0.29, 0.717) is 0 Å². The molecular weight excluding hydrogens is 260 g/mol. The Hall–Kier alpha value is -2.55. The third-order valence-corrected chi connectivity index (χ3v) is 3.31. The zero-order valence-corrected chi connectivity index (χ0v) is 12.6. The Labute approximate surface area is 125 Å². The molecule has 21 heavy (non-hydrogen) atoms. The maximum Gasteiger partial charge on any atom is 0.323 e. The van der Waals surface area contributed by atoms with Gasteiger partial charge in [-0.3, -0.25) is 0 Å². The molecule has 2 N–H and O–H groups in total. The number of carbonyl (C=O) groups excluding carboxylic acids is 1. The van der Waals surface area contributed by atoms with Crippen molar-refractivity contribution >= 4 is 17.8 Å². The highest BCUT2D eigenvalue weighted by molar-refractivity contribution is 5.91. The Bertz CT molecular complexity index is 675. The Balaban J connectivity index is 1.96. The number of rotatable bonds is 3. The predicted molar refractivity (Wildman–Crippen MR) is 88.3 cm³/mol. The molecule has 0 atom stereocenters. The highest BCUT2D eigenvalue weighted by atomic mass is 16.2. The third-order valence-electron chi connectivity index (χ3n) is 3.31. The summed E-state index contributed by atoms with van der Waals surface area (Å²) in [6, 6.07) is 13.8. The molecule has 0 heterocycles. The number of carbonyl (C=O) groups is 1. The van der Waals surface area contributed by atoms with Crippen LogP contribution in [0.3, 0.4) is 0 Å². The molecule has 0 saturated heterocycles. The van der Waals surface area contributed by atoms with Gasteiger partial charge in [0, 0.05) is 11.9 Å². The number of benzene rings is 2. The SMILES string of the molecule is Cc1ccc(C)c(NC(=O)N/C=C/c2ccccc2C)c1. The average molecular weight is 280 g/mol. The topological polar surface area (TPSA) is 41.1 Å². The quantitative estimate of drug-likeness (QED) is 0.859. The molecule has 2 aromatic carbocycles. The van der Waals surface area contributed by atoms with Crippen LogP contribution in [-0.4, -0.2) is 6.03 Å². The Morgan fingerprint density at radius 3 is 2.52 bits per heavy atom. The molecular formula is C18H20N2O. The van der Waals surface area contributed by atoms with Crippen LogP contribution in [-0.2, 0) is 0 Å². The van der Waals surface area contributed by atoms with E-state index in [-0.39, 0.29) is 6.03 Å². The second kappa shape index (κ2) is 6.75. The van der Waals surface area contributed by atoms with Crippen LogP contribution >= 0.6 is 0 Å². The van der Waals surface area contributed by atoms with E-state index in [1.807, 2.05) is 69.3 Å². The summed E-state index contributed by atoms with van der Waals surface area (Å²) in [5.74, 6) is 0. The highest BCUT2D eigenvalue weighted by Gasteiger charge is 2.02. The minimum absolute atomic E-state index is 0.242. The fraction of sp³-hybridized carbons (Fsp3) is 0.167. The van der Waals surface area contributed by atoms with Crippen molar-refractivity contribution in [3.8, 4) is 0 Å². The molecule has 2 aromatic rings. The largest absolute Gasteiger partial charge is 0.323 e. The van der Waals surface area contributed by atoms with Crippen LogP contribution in [0.15, 0.2) is 48.7 Å². The smallest absolute Gasteiger partial charge is 0.314 e. The minimum Gasteiger partial charge on any atom is -0.314 e. The lowest BCUT2D eigenvalue weighted by molar-refractivity contribution is 0.255. The molecule has 0 aromatic heterocycles. The van der Waals surface area contributed by atoms with Gasteiger partial charge in [-0.25, -0.2) is 4.79 Å². The van der Waals surface area contributed by atoms with Crippen molar-refractivity contribution in [2.45, 2.75) is 20.8 Å². The Morgan fingerprint density at radius 1 is 1.00 bits per heavy atom. The number of anilines is 1. The molecule has 0 aliphatic heterocycles. The summed E-state index contributed by atoms with van der Waals surface area (Å²) < 4.78 is 0. The number of amides is 2.